The summed E-state index contributed by atoms with van der Waals surface area (Å²) in [5, 5.41) is 0. The molecule has 4 heavy (non-hydrogen) atoms. The Morgan fingerprint density at radius 3 is 0.500 bits per heavy atom. The summed E-state index contributed by atoms with van der Waals surface area (Å²) in [6, 6.07) is 0. The number of hydrogen-bond acceptors (Lipinski definition) is 0. The molecule has 0 aliphatic carbocycles. The molecule has 0 nitrogen and oxygen atoms in total. The second-order valence-corrected chi connectivity index (χ2v) is 0. The van der Waals surface area contributed by atoms with Crippen molar-refractivity contribution in [2.24, 2.45) is 0 Å². The minimum absolute atomic E-state index is 0. The average Bonchev–Trinajstić information content (AvgIpc) is 0. The summed E-state index contributed by atoms with van der Waals surface area (Å²) in [5.74, 6) is 0. The van der Waals surface area contributed by atoms with Gasteiger partial charge in [0.2, 0.25) is 0 Å². The molecular weight excluding hydrogens is 206 g/mol. The van der Waals surface area contributed by atoms with E-state index in [9.17, 15) is 0 Å². The van der Waals surface area contributed by atoms with Crippen molar-refractivity contribution in [2.75, 3.05) is 0 Å². The van der Waals surface area contributed by atoms with Crippen LogP contribution in [0.15, 0.2) is 0 Å². The van der Waals surface area contributed by atoms with Crippen LogP contribution in [0.25, 0.3) is 0 Å². The maximum Gasteiger partial charge on any atom is 0 e. The van der Waals surface area contributed by atoms with Gasteiger partial charge in [-0.05, 0) is 0 Å². The zero-order valence-corrected chi connectivity index (χ0v) is 7.05. The third kappa shape index (κ3) is 8.87. The predicted molar refractivity (Wildman–Crippen MR) is 0 cm³/mol. The Hall–Kier alpha value is 2.23. The zero-order valence-electron chi connectivity index (χ0n) is 1.71. The minimum atomic E-state index is 0. The summed E-state index contributed by atoms with van der Waals surface area (Å²) >= 11 is 0. The van der Waals surface area contributed by atoms with Gasteiger partial charge in [-0.25, -0.2) is 0 Å². The topological polar surface area (TPSA) is 0 Å². The summed E-state index contributed by atoms with van der Waals surface area (Å²) in [5.41, 5.74) is 0. The monoisotopic (exact) mass is 206 g/mol. The first-order valence-electron chi connectivity index (χ1n) is 0. The fourth-order valence-electron chi connectivity index (χ4n) is 0. The third-order valence-electron chi connectivity index (χ3n) is 0. The van der Waals surface area contributed by atoms with Crippen molar-refractivity contribution in [1.82, 2.24) is 0 Å². The molecule has 0 rings (SSSR count). The normalized spacial score (nSPS) is 0. The molecule has 0 heterocycles. The van der Waals surface area contributed by atoms with Gasteiger partial charge in [0.1, 0.15) is 0 Å². The first kappa shape index (κ1) is 34.2. The molecule has 0 aromatic heterocycles. The fourth-order valence-corrected chi connectivity index (χ4v) is 0. The smallest absolute Gasteiger partial charge is 0 e. The van der Waals surface area contributed by atoms with E-state index in [0.717, 1.165) is 0 Å². The van der Waals surface area contributed by atoms with E-state index in [4.69, 9.17) is 0 Å². The van der Waals surface area contributed by atoms with Gasteiger partial charge in [-0.1, -0.05) is 0 Å². The molecule has 0 bridgehead atoms. The van der Waals surface area contributed by atoms with Crippen molar-refractivity contribution < 1.29 is 71.8 Å². The van der Waals surface area contributed by atoms with Gasteiger partial charge < -0.3 is 0 Å². The summed E-state index contributed by atoms with van der Waals surface area (Å²) in [4.78, 5) is 0. The summed E-state index contributed by atoms with van der Waals surface area (Å²) in [6.07, 6.45) is 0. The first-order valence-corrected chi connectivity index (χ1v) is 0. The molecule has 0 aromatic rings. The fraction of sp³-hybridized carbons (Fsp3) is 0. The van der Waals surface area contributed by atoms with Crippen molar-refractivity contribution >= 4 is 0 Å². The molecule has 0 N–H and O–H groups in total. The molecule has 0 unspecified atom stereocenters. The van der Waals surface area contributed by atoms with Crippen LogP contribution in [0.3, 0.4) is 0 Å². The second-order valence-electron chi connectivity index (χ2n) is 0. The van der Waals surface area contributed by atoms with Crippen LogP contribution in [0.4, 0.5) is 0 Å². The van der Waals surface area contributed by atoms with E-state index in [0.29, 0.717) is 0 Å². The van der Waals surface area contributed by atoms with Crippen LogP contribution < -0.4 is 0 Å². The van der Waals surface area contributed by atoms with Crippen LogP contribution in [0.5, 0.6) is 0 Å². The van der Waals surface area contributed by atoms with Crippen molar-refractivity contribution in [3.8, 4) is 0 Å². The van der Waals surface area contributed by atoms with Crippen LogP contribution >= 0.6 is 0 Å². The summed E-state index contributed by atoms with van der Waals surface area (Å²) < 4.78 is 0. The minimum Gasteiger partial charge on any atom is 0 e. The number of rotatable bonds is 0. The molecule has 0 aliphatic rings. The zero-order chi connectivity index (χ0) is 0. The Bertz CT molecular complexity index is 4.00. The van der Waals surface area contributed by atoms with Gasteiger partial charge in [0.15, 0.2) is 0 Å². The van der Waals surface area contributed by atoms with E-state index in [1.807, 2.05) is 0 Å². The Labute approximate surface area is 71.1 Å². The Kier molecular flexibility index (Phi) is 161. The van der Waals surface area contributed by atoms with E-state index in [1.165, 1.54) is 0 Å². The maximum absolute atomic E-state index is 0. The molecule has 2 radical (unpaired) electrons. The molecule has 0 aliphatic heterocycles. The molecular formula is Cr2V2. The summed E-state index contributed by atoms with van der Waals surface area (Å²) in [7, 11) is 0. The molecule has 0 aromatic carbocycles. The van der Waals surface area contributed by atoms with E-state index in [2.05, 4.69) is 0 Å². The number of hydrogen-bond donors (Lipinski definition) is 0. The van der Waals surface area contributed by atoms with Gasteiger partial charge in [0.25, 0.3) is 0 Å². The van der Waals surface area contributed by atoms with E-state index < -0.39 is 0 Å². The predicted octanol–water partition coefficient (Wildman–Crippen LogP) is -0.0100. The Balaban J connectivity index is 0. The Morgan fingerprint density at radius 1 is 0.500 bits per heavy atom. The van der Waals surface area contributed by atoms with Gasteiger partial charge in [-0.15, -0.1) is 0 Å². The van der Waals surface area contributed by atoms with Crippen LogP contribution in [-0.4, -0.2) is 0 Å². The van der Waals surface area contributed by atoms with E-state index >= 15 is 0 Å². The van der Waals surface area contributed by atoms with Crippen molar-refractivity contribution in [3.63, 3.8) is 0 Å². The SMILES string of the molecule is [Cr].[Cr].[V].[V]. The van der Waals surface area contributed by atoms with Crippen molar-refractivity contribution in [2.45, 2.75) is 0 Å². The van der Waals surface area contributed by atoms with Crippen LogP contribution in [0.2, 0.25) is 0 Å². The van der Waals surface area contributed by atoms with Crippen LogP contribution in [-0.2, 0) is 71.8 Å². The van der Waals surface area contributed by atoms with Crippen molar-refractivity contribution in [3.05, 3.63) is 0 Å². The van der Waals surface area contributed by atoms with Gasteiger partial charge in [0.05, 0.1) is 0 Å². The second kappa shape index (κ2) is 18.8. The quantitative estimate of drug-likeness (QED) is 0.522. The molecule has 22 valence electrons. The molecule has 0 amide bonds. The van der Waals surface area contributed by atoms with E-state index in [-0.39, 0.29) is 71.8 Å². The standard InChI is InChI=1S/2Cr.2V. The molecule has 0 atom stereocenters. The largest absolute Gasteiger partial charge is 0 e. The van der Waals surface area contributed by atoms with Gasteiger partial charge in [0, 0.05) is 71.8 Å². The summed E-state index contributed by atoms with van der Waals surface area (Å²) in [6.45, 7) is 0. The van der Waals surface area contributed by atoms with Gasteiger partial charge in [-0.2, -0.15) is 0 Å². The van der Waals surface area contributed by atoms with Crippen LogP contribution in [0, 0.1) is 0 Å². The van der Waals surface area contributed by atoms with Crippen LogP contribution in [0.1, 0.15) is 0 Å². The van der Waals surface area contributed by atoms with Gasteiger partial charge >= 0.3 is 0 Å². The van der Waals surface area contributed by atoms with E-state index in [1.54, 1.807) is 0 Å². The molecule has 0 fully saturated rings. The molecule has 0 spiro atoms. The van der Waals surface area contributed by atoms with Gasteiger partial charge in [-0.3, -0.25) is 0 Å². The average molecular weight is 206 g/mol. The first-order chi connectivity index (χ1) is 0. The van der Waals surface area contributed by atoms with Crippen molar-refractivity contribution in [1.29, 1.82) is 0 Å². The molecule has 0 saturated carbocycles. The maximum atomic E-state index is 0. The third-order valence-corrected chi connectivity index (χ3v) is 0. The Morgan fingerprint density at radius 2 is 0.500 bits per heavy atom. The molecule has 4 heteroatoms. The molecule has 0 saturated heterocycles.